The lowest BCUT2D eigenvalue weighted by Crippen LogP contribution is -2.20. The van der Waals surface area contributed by atoms with E-state index in [2.05, 4.69) is 25.4 Å². The third-order valence-electron chi connectivity index (χ3n) is 2.32. The summed E-state index contributed by atoms with van der Waals surface area (Å²) in [6, 6.07) is 4.75. The Morgan fingerprint density at radius 2 is 2.15 bits per heavy atom. The highest BCUT2D eigenvalue weighted by Crippen LogP contribution is 2.24. The zero-order valence-electron chi connectivity index (χ0n) is 10.6. The van der Waals surface area contributed by atoms with Gasteiger partial charge >= 0.3 is 5.97 Å². The smallest absolute Gasteiger partial charge is 0.306 e. The molecule has 0 aliphatic carbocycles. The molecule has 0 aliphatic rings. The van der Waals surface area contributed by atoms with Crippen LogP contribution in [0.4, 0.5) is 5.69 Å². The first-order chi connectivity index (χ1) is 9.25. The van der Waals surface area contributed by atoms with E-state index in [1.807, 2.05) is 0 Å². The summed E-state index contributed by atoms with van der Waals surface area (Å²) in [6.45, 7) is 0. The van der Waals surface area contributed by atoms with Gasteiger partial charge < -0.3 is 10.5 Å². The van der Waals surface area contributed by atoms with Gasteiger partial charge in [0.25, 0.3) is 0 Å². The average molecular weight is 381 g/mol. The molecule has 3 N–H and O–H groups in total. The van der Waals surface area contributed by atoms with Gasteiger partial charge in [-0.1, -0.05) is 12.2 Å². The minimum atomic E-state index is -3.64. The molecule has 0 saturated heterocycles. The van der Waals surface area contributed by atoms with Gasteiger partial charge in [-0.05, 0) is 34.1 Å². The van der Waals surface area contributed by atoms with E-state index in [1.54, 1.807) is 12.1 Å². The fraction of sp³-hybridized carbons (Fsp3) is 0.273. The highest BCUT2D eigenvalue weighted by Gasteiger charge is 2.15. The van der Waals surface area contributed by atoms with Crippen LogP contribution in [0.15, 0.2) is 22.7 Å². The van der Waals surface area contributed by atoms with Crippen LogP contribution in [0.5, 0.6) is 0 Å². The number of nitrogens with two attached hydrogens (primary N) is 1. The Morgan fingerprint density at radius 1 is 1.50 bits per heavy atom. The zero-order chi connectivity index (χ0) is 15.3. The molecule has 0 amide bonds. The van der Waals surface area contributed by atoms with Gasteiger partial charge in [-0.3, -0.25) is 9.52 Å². The van der Waals surface area contributed by atoms with Gasteiger partial charge in [-0.2, -0.15) is 0 Å². The van der Waals surface area contributed by atoms with Crippen molar-refractivity contribution in [1.29, 1.82) is 0 Å². The summed E-state index contributed by atoms with van der Waals surface area (Å²) in [5.74, 6) is -0.943. The van der Waals surface area contributed by atoms with Crippen LogP contribution in [0, 0.1) is 0 Å². The number of ether oxygens (including phenoxy) is 1. The molecule has 1 aromatic carbocycles. The summed E-state index contributed by atoms with van der Waals surface area (Å²) >= 11 is 8.05. The molecule has 9 heteroatoms. The molecule has 0 bridgehead atoms. The van der Waals surface area contributed by atoms with Gasteiger partial charge in [0.1, 0.15) is 4.99 Å². The number of hydrogen-bond donors (Lipinski definition) is 2. The third-order valence-corrected chi connectivity index (χ3v) is 4.49. The summed E-state index contributed by atoms with van der Waals surface area (Å²) < 4.78 is 30.9. The Hall–Kier alpha value is -1.19. The van der Waals surface area contributed by atoms with Crippen LogP contribution < -0.4 is 10.5 Å². The molecule has 0 aromatic heterocycles. The van der Waals surface area contributed by atoms with Crippen LogP contribution in [0.2, 0.25) is 0 Å². The Bertz CT molecular complexity index is 631. The summed E-state index contributed by atoms with van der Waals surface area (Å²) in [5, 5.41) is 0. The van der Waals surface area contributed by atoms with Gasteiger partial charge in [-0.25, -0.2) is 8.42 Å². The molecule has 0 unspecified atom stereocenters. The fourth-order valence-electron chi connectivity index (χ4n) is 1.29. The Balaban J connectivity index is 2.82. The van der Waals surface area contributed by atoms with Crippen molar-refractivity contribution in [3.8, 4) is 0 Å². The van der Waals surface area contributed by atoms with Crippen molar-refractivity contribution in [2.75, 3.05) is 17.6 Å². The lowest BCUT2D eigenvalue weighted by atomic mass is 10.2. The monoisotopic (exact) mass is 380 g/mol. The first-order valence-electron chi connectivity index (χ1n) is 5.42. The molecular weight excluding hydrogens is 368 g/mol. The number of thiocarbonyl (C=S) groups is 1. The second kappa shape index (κ2) is 7.00. The SMILES string of the molecule is COC(=O)CCS(=O)(=O)Nc1ccc(C(N)=S)cc1Br. The Kier molecular flexibility index (Phi) is 5.90. The van der Waals surface area contributed by atoms with E-state index in [0.717, 1.165) is 0 Å². The van der Waals surface area contributed by atoms with Gasteiger partial charge in [0.15, 0.2) is 0 Å². The molecule has 0 saturated carbocycles. The van der Waals surface area contributed by atoms with Crippen molar-refractivity contribution in [3.63, 3.8) is 0 Å². The Morgan fingerprint density at radius 3 is 2.65 bits per heavy atom. The van der Waals surface area contributed by atoms with E-state index in [0.29, 0.717) is 15.7 Å². The maximum Gasteiger partial charge on any atom is 0.306 e. The molecule has 0 atom stereocenters. The van der Waals surface area contributed by atoms with Crippen molar-refractivity contribution in [2.24, 2.45) is 5.73 Å². The van der Waals surface area contributed by atoms with E-state index in [-0.39, 0.29) is 17.2 Å². The molecule has 6 nitrogen and oxygen atoms in total. The number of hydrogen-bond acceptors (Lipinski definition) is 5. The summed E-state index contributed by atoms with van der Waals surface area (Å²) in [7, 11) is -2.44. The van der Waals surface area contributed by atoms with Crippen molar-refractivity contribution in [3.05, 3.63) is 28.2 Å². The molecule has 1 aromatic rings. The van der Waals surface area contributed by atoms with E-state index < -0.39 is 16.0 Å². The largest absolute Gasteiger partial charge is 0.469 e. The molecule has 0 fully saturated rings. The number of rotatable bonds is 6. The van der Waals surface area contributed by atoms with Gasteiger partial charge in [-0.15, -0.1) is 0 Å². The van der Waals surface area contributed by atoms with Crippen LogP contribution in [-0.2, 0) is 19.6 Å². The van der Waals surface area contributed by atoms with Crippen LogP contribution in [0.1, 0.15) is 12.0 Å². The number of halogens is 1. The molecular formula is C11H13BrN2O4S2. The number of esters is 1. The van der Waals surface area contributed by atoms with E-state index in [9.17, 15) is 13.2 Å². The summed E-state index contributed by atoms with van der Waals surface area (Å²) in [5.41, 5.74) is 6.43. The van der Waals surface area contributed by atoms with E-state index in [1.165, 1.54) is 13.2 Å². The van der Waals surface area contributed by atoms with Crippen molar-refractivity contribution in [1.82, 2.24) is 0 Å². The number of methoxy groups -OCH3 is 1. The molecule has 0 radical (unpaired) electrons. The van der Waals surface area contributed by atoms with Gasteiger partial charge in [0.05, 0.1) is 25.0 Å². The highest BCUT2D eigenvalue weighted by molar-refractivity contribution is 9.10. The van der Waals surface area contributed by atoms with Crippen molar-refractivity contribution < 1.29 is 17.9 Å². The maximum atomic E-state index is 11.8. The number of carbonyl (C=O) groups is 1. The van der Waals surface area contributed by atoms with Crippen molar-refractivity contribution in [2.45, 2.75) is 6.42 Å². The molecule has 110 valence electrons. The third kappa shape index (κ3) is 5.06. The summed E-state index contributed by atoms with van der Waals surface area (Å²) in [6.07, 6.45) is -0.214. The second-order valence-electron chi connectivity index (χ2n) is 3.81. The zero-order valence-corrected chi connectivity index (χ0v) is 13.8. The summed E-state index contributed by atoms with van der Waals surface area (Å²) in [4.78, 5) is 11.2. The number of benzene rings is 1. The first-order valence-corrected chi connectivity index (χ1v) is 8.27. The molecule has 0 heterocycles. The van der Waals surface area contributed by atoms with Crippen molar-refractivity contribution >= 4 is 54.8 Å². The van der Waals surface area contributed by atoms with Gasteiger partial charge in [0, 0.05) is 10.0 Å². The topological polar surface area (TPSA) is 98.5 Å². The predicted molar refractivity (Wildman–Crippen MR) is 84.1 cm³/mol. The lowest BCUT2D eigenvalue weighted by Gasteiger charge is -2.10. The minimum absolute atomic E-state index is 0.214. The number of nitrogens with one attached hydrogen (secondary N) is 1. The van der Waals surface area contributed by atoms with E-state index >= 15 is 0 Å². The normalized spacial score (nSPS) is 10.9. The Labute approximate surface area is 130 Å². The lowest BCUT2D eigenvalue weighted by molar-refractivity contribution is -0.140. The van der Waals surface area contributed by atoms with Crippen LogP contribution >= 0.6 is 28.1 Å². The number of sulfonamides is 1. The standard InChI is InChI=1S/C11H13BrN2O4S2/c1-18-10(15)4-5-20(16,17)14-9-3-2-7(11(13)19)6-8(9)12/h2-3,6,14H,4-5H2,1H3,(H2,13,19). The quantitative estimate of drug-likeness (QED) is 0.571. The number of carbonyl (C=O) groups excluding carboxylic acids is 1. The molecule has 0 spiro atoms. The second-order valence-corrected chi connectivity index (χ2v) is 6.94. The van der Waals surface area contributed by atoms with Crippen LogP contribution in [-0.4, -0.2) is 32.2 Å². The predicted octanol–water partition coefficient (Wildman–Crippen LogP) is 1.39. The average Bonchev–Trinajstić information content (AvgIpc) is 2.38. The van der Waals surface area contributed by atoms with Gasteiger partial charge in [0.2, 0.25) is 10.0 Å². The maximum absolute atomic E-state index is 11.8. The van der Waals surface area contributed by atoms with Crippen LogP contribution in [0.3, 0.4) is 0 Å². The molecule has 20 heavy (non-hydrogen) atoms. The fourth-order valence-corrected chi connectivity index (χ4v) is 3.08. The minimum Gasteiger partial charge on any atom is -0.469 e. The first kappa shape index (κ1) is 16.9. The molecule has 1 rings (SSSR count). The molecule has 0 aliphatic heterocycles. The van der Waals surface area contributed by atoms with E-state index in [4.69, 9.17) is 18.0 Å². The number of anilines is 1. The van der Waals surface area contributed by atoms with Crippen LogP contribution in [0.25, 0.3) is 0 Å². The highest BCUT2D eigenvalue weighted by atomic mass is 79.9.